The average molecular weight is 171 g/mol. The number of hydrogen-bond donors (Lipinski definition) is 0. The molecule has 0 bridgehead atoms. The van der Waals surface area contributed by atoms with Crippen LogP contribution in [0, 0.1) is 0 Å². The molecule has 0 atom stereocenters. The first-order valence-corrected chi connectivity index (χ1v) is 4.04. The van der Waals surface area contributed by atoms with E-state index in [1.165, 1.54) is 0 Å². The van der Waals surface area contributed by atoms with Crippen molar-refractivity contribution in [2.45, 2.75) is 13.8 Å². The Morgan fingerprint density at radius 1 is 1.50 bits per heavy atom. The maximum Gasteiger partial charge on any atom is 0.320 e. The molecule has 0 spiro atoms. The van der Waals surface area contributed by atoms with Crippen LogP contribution < -0.4 is 0 Å². The topological polar surface area (TPSA) is 29.5 Å². The minimum Gasteiger partial charge on any atom is -0.465 e. The fourth-order valence-corrected chi connectivity index (χ4v) is 0.944. The number of nitrogens with zero attached hydrogens (tertiary/aromatic N) is 1. The number of esters is 1. The molecule has 0 aromatic carbocycles. The predicted octanol–water partition coefficient (Wildman–Crippen LogP) is 1.06. The van der Waals surface area contributed by atoms with Crippen LogP contribution in [0.5, 0.6) is 0 Å². The van der Waals surface area contributed by atoms with Crippen LogP contribution in [-0.2, 0) is 9.53 Å². The summed E-state index contributed by atoms with van der Waals surface area (Å²) in [5.74, 6) is -0.179. The molecule has 0 aromatic rings. The van der Waals surface area contributed by atoms with Crippen LogP contribution in [0.2, 0.25) is 0 Å². The van der Waals surface area contributed by atoms with Gasteiger partial charge in [0.2, 0.25) is 0 Å². The molecule has 12 heavy (non-hydrogen) atoms. The van der Waals surface area contributed by atoms with E-state index in [2.05, 4.69) is 6.58 Å². The first kappa shape index (κ1) is 11.2. The van der Waals surface area contributed by atoms with Gasteiger partial charge in [-0.15, -0.1) is 0 Å². The van der Waals surface area contributed by atoms with Gasteiger partial charge in [-0.3, -0.25) is 9.69 Å². The molecule has 0 saturated heterocycles. The average Bonchev–Trinajstić information content (AvgIpc) is 1.84. The van der Waals surface area contributed by atoms with E-state index in [0.717, 1.165) is 12.1 Å². The molecule has 3 heteroatoms. The maximum absolute atomic E-state index is 10.9. The van der Waals surface area contributed by atoms with Crippen LogP contribution in [0.3, 0.4) is 0 Å². The van der Waals surface area contributed by atoms with E-state index in [-0.39, 0.29) is 5.97 Å². The maximum atomic E-state index is 10.9. The van der Waals surface area contributed by atoms with Gasteiger partial charge in [0.1, 0.15) is 0 Å². The summed E-state index contributed by atoms with van der Waals surface area (Å²) in [5, 5.41) is 0. The van der Waals surface area contributed by atoms with Crippen LogP contribution in [-0.4, -0.2) is 37.6 Å². The number of rotatable bonds is 5. The Labute approximate surface area is 74.0 Å². The number of carbonyl (C=O) groups is 1. The summed E-state index contributed by atoms with van der Waals surface area (Å²) in [5.41, 5.74) is 1.04. The van der Waals surface area contributed by atoms with Crippen molar-refractivity contribution >= 4 is 5.97 Å². The Hall–Kier alpha value is -0.830. The molecule has 0 saturated carbocycles. The SMILES string of the molecule is C=C(C)CN(C)CC(=O)OCC. The standard InChI is InChI=1S/C9H17NO2/c1-5-12-9(11)7-10(4)6-8(2)3/h2,5-7H2,1,3-4H3. The largest absolute Gasteiger partial charge is 0.465 e. The third-order valence-corrected chi connectivity index (χ3v) is 1.24. The quantitative estimate of drug-likeness (QED) is 0.457. The molecular weight excluding hydrogens is 154 g/mol. The predicted molar refractivity (Wildman–Crippen MR) is 48.9 cm³/mol. The smallest absolute Gasteiger partial charge is 0.320 e. The van der Waals surface area contributed by atoms with Gasteiger partial charge in [0.05, 0.1) is 13.2 Å². The first-order chi connectivity index (χ1) is 5.56. The molecule has 0 amide bonds. The zero-order chi connectivity index (χ0) is 9.56. The van der Waals surface area contributed by atoms with Crippen molar-refractivity contribution in [1.82, 2.24) is 4.90 Å². The van der Waals surface area contributed by atoms with Crippen LogP contribution in [0.1, 0.15) is 13.8 Å². The molecule has 0 N–H and O–H groups in total. The van der Waals surface area contributed by atoms with Crippen molar-refractivity contribution < 1.29 is 9.53 Å². The molecule has 0 rings (SSSR count). The highest BCUT2D eigenvalue weighted by Gasteiger charge is 2.05. The number of ether oxygens (including phenoxy) is 1. The minimum absolute atomic E-state index is 0.179. The zero-order valence-electron chi connectivity index (χ0n) is 8.09. The van der Waals surface area contributed by atoms with Crippen LogP contribution in [0.4, 0.5) is 0 Å². The highest BCUT2D eigenvalue weighted by molar-refractivity contribution is 5.71. The van der Waals surface area contributed by atoms with Gasteiger partial charge >= 0.3 is 5.97 Å². The second-order valence-electron chi connectivity index (χ2n) is 2.93. The Balaban J connectivity index is 3.61. The molecule has 0 aliphatic rings. The second-order valence-corrected chi connectivity index (χ2v) is 2.93. The van der Waals surface area contributed by atoms with Crippen molar-refractivity contribution in [1.29, 1.82) is 0 Å². The lowest BCUT2D eigenvalue weighted by atomic mass is 10.3. The highest BCUT2D eigenvalue weighted by Crippen LogP contribution is 1.92. The third-order valence-electron chi connectivity index (χ3n) is 1.24. The lowest BCUT2D eigenvalue weighted by molar-refractivity contribution is -0.143. The fraction of sp³-hybridized carbons (Fsp3) is 0.667. The summed E-state index contributed by atoms with van der Waals surface area (Å²) >= 11 is 0. The molecule has 0 unspecified atom stereocenters. The molecule has 0 fully saturated rings. The molecule has 0 aromatic heterocycles. The summed E-state index contributed by atoms with van der Waals surface area (Å²) in [4.78, 5) is 12.8. The second kappa shape index (κ2) is 5.77. The van der Waals surface area contributed by atoms with Gasteiger partial charge in [-0.05, 0) is 20.9 Å². The van der Waals surface area contributed by atoms with Crippen molar-refractivity contribution in [3.05, 3.63) is 12.2 Å². The first-order valence-electron chi connectivity index (χ1n) is 4.04. The van der Waals surface area contributed by atoms with E-state index >= 15 is 0 Å². The van der Waals surface area contributed by atoms with Crippen molar-refractivity contribution in [2.24, 2.45) is 0 Å². The number of likely N-dealkylation sites (N-methyl/N-ethyl adjacent to an activating group) is 1. The molecule has 0 aliphatic carbocycles. The highest BCUT2D eigenvalue weighted by atomic mass is 16.5. The molecular formula is C9H17NO2. The van der Waals surface area contributed by atoms with Gasteiger partial charge in [0, 0.05) is 6.54 Å². The zero-order valence-corrected chi connectivity index (χ0v) is 8.09. The lowest BCUT2D eigenvalue weighted by Gasteiger charge is -2.14. The molecule has 0 aliphatic heterocycles. The number of hydrogen-bond acceptors (Lipinski definition) is 3. The van der Waals surface area contributed by atoms with Gasteiger partial charge < -0.3 is 4.74 Å². The van der Waals surface area contributed by atoms with Gasteiger partial charge in [0.15, 0.2) is 0 Å². The Bertz CT molecular complexity index is 166. The summed E-state index contributed by atoms with van der Waals surface area (Å²) in [6.45, 7) is 9.00. The van der Waals surface area contributed by atoms with Crippen LogP contribution in [0.25, 0.3) is 0 Å². The Morgan fingerprint density at radius 3 is 2.50 bits per heavy atom. The minimum atomic E-state index is -0.179. The van der Waals surface area contributed by atoms with E-state index in [1.54, 1.807) is 6.92 Å². The summed E-state index contributed by atoms with van der Waals surface area (Å²) < 4.78 is 4.78. The van der Waals surface area contributed by atoms with Gasteiger partial charge in [-0.1, -0.05) is 12.2 Å². The Morgan fingerprint density at radius 2 is 2.08 bits per heavy atom. The van der Waals surface area contributed by atoms with E-state index in [4.69, 9.17) is 4.74 Å². The summed E-state index contributed by atoms with van der Waals surface area (Å²) in [6.07, 6.45) is 0. The van der Waals surface area contributed by atoms with Crippen LogP contribution >= 0.6 is 0 Å². The van der Waals surface area contributed by atoms with Crippen molar-refractivity contribution in [3.63, 3.8) is 0 Å². The Kier molecular flexibility index (Phi) is 5.37. The van der Waals surface area contributed by atoms with Gasteiger partial charge in [-0.25, -0.2) is 0 Å². The van der Waals surface area contributed by atoms with E-state index in [1.807, 2.05) is 18.9 Å². The molecule has 0 radical (unpaired) electrons. The normalized spacial score (nSPS) is 10.0. The fourth-order valence-electron chi connectivity index (χ4n) is 0.944. The summed E-state index contributed by atoms with van der Waals surface area (Å²) in [7, 11) is 1.87. The van der Waals surface area contributed by atoms with E-state index in [0.29, 0.717) is 13.2 Å². The van der Waals surface area contributed by atoms with Crippen molar-refractivity contribution in [2.75, 3.05) is 26.7 Å². The van der Waals surface area contributed by atoms with Gasteiger partial charge in [-0.2, -0.15) is 0 Å². The van der Waals surface area contributed by atoms with Crippen molar-refractivity contribution in [3.8, 4) is 0 Å². The van der Waals surface area contributed by atoms with E-state index in [9.17, 15) is 4.79 Å². The van der Waals surface area contributed by atoms with Crippen LogP contribution in [0.15, 0.2) is 12.2 Å². The van der Waals surface area contributed by atoms with Gasteiger partial charge in [0.25, 0.3) is 0 Å². The molecule has 70 valence electrons. The monoisotopic (exact) mass is 171 g/mol. The lowest BCUT2D eigenvalue weighted by Crippen LogP contribution is -2.28. The molecule has 0 heterocycles. The number of carbonyl (C=O) groups excluding carboxylic acids is 1. The van der Waals surface area contributed by atoms with E-state index < -0.39 is 0 Å². The third kappa shape index (κ3) is 5.92. The molecule has 3 nitrogen and oxygen atoms in total. The summed E-state index contributed by atoms with van der Waals surface area (Å²) in [6, 6.07) is 0.